The maximum absolute atomic E-state index is 5.78. The second-order valence-corrected chi connectivity index (χ2v) is 4.30. The second kappa shape index (κ2) is 4.51. The van der Waals surface area contributed by atoms with Gasteiger partial charge in [-0.25, -0.2) is 9.97 Å². The maximum atomic E-state index is 5.78. The highest BCUT2D eigenvalue weighted by molar-refractivity contribution is 7.99. The average Bonchev–Trinajstić information content (AvgIpc) is 2.25. The molecule has 2 rings (SSSR count). The predicted molar refractivity (Wildman–Crippen MR) is 62.0 cm³/mol. The largest absolute Gasteiger partial charge is 0.381 e. The molecule has 5 heteroatoms. The summed E-state index contributed by atoms with van der Waals surface area (Å²) >= 11 is 7.25. The molecule has 0 fully saturated rings. The number of aromatic nitrogens is 2. The monoisotopic (exact) mass is 237 g/mol. The van der Waals surface area contributed by atoms with E-state index in [0.29, 0.717) is 15.9 Å². The van der Waals surface area contributed by atoms with Crippen molar-refractivity contribution in [2.75, 3.05) is 5.73 Å². The van der Waals surface area contributed by atoms with Gasteiger partial charge in [0.05, 0.1) is 0 Å². The van der Waals surface area contributed by atoms with Gasteiger partial charge in [0.15, 0.2) is 5.82 Å². The summed E-state index contributed by atoms with van der Waals surface area (Å²) in [6.45, 7) is 0. The molecule has 15 heavy (non-hydrogen) atoms. The standard InChI is InChI=1S/C10H8ClN3S/c11-7-1-3-8(4-2-7)15-10-9(12)13-5-6-14-10/h1-6H,(H2,12,13). The van der Waals surface area contributed by atoms with Crippen molar-refractivity contribution in [3.8, 4) is 0 Å². The Bertz CT molecular complexity index is 458. The summed E-state index contributed by atoms with van der Waals surface area (Å²) in [5, 5.41) is 1.42. The number of nitrogen functional groups attached to an aromatic ring is 1. The molecule has 0 saturated heterocycles. The number of hydrogen-bond donors (Lipinski definition) is 1. The number of hydrogen-bond acceptors (Lipinski definition) is 4. The summed E-state index contributed by atoms with van der Waals surface area (Å²) in [4.78, 5) is 9.13. The topological polar surface area (TPSA) is 51.8 Å². The normalized spacial score (nSPS) is 10.2. The summed E-state index contributed by atoms with van der Waals surface area (Å²) < 4.78 is 0. The van der Waals surface area contributed by atoms with Gasteiger partial charge >= 0.3 is 0 Å². The first kappa shape index (κ1) is 10.3. The van der Waals surface area contributed by atoms with Crippen LogP contribution in [0.25, 0.3) is 0 Å². The third-order valence-electron chi connectivity index (χ3n) is 1.72. The SMILES string of the molecule is Nc1nccnc1Sc1ccc(Cl)cc1. The summed E-state index contributed by atoms with van der Waals surface area (Å²) in [5.41, 5.74) is 5.68. The lowest BCUT2D eigenvalue weighted by Gasteiger charge is -2.02. The van der Waals surface area contributed by atoms with Gasteiger partial charge in [0.1, 0.15) is 5.03 Å². The first-order valence-electron chi connectivity index (χ1n) is 4.25. The number of halogens is 1. The Morgan fingerprint density at radius 3 is 2.40 bits per heavy atom. The van der Waals surface area contributed by atoms with Crippen molar-refractivity contribution in [3.63, 3.8) is 0 Å². The first-order chi connectivity index (χ1) is 7.25. The molecule has 0 aliphatic heterocycles. The van der Waals surface area contributed by atoms with Gasteiger partial charge in [-0.2, -0.15) is 0 Å². The van der Waals surface area contributed by atoms with Crippen molar-refractivity contribution in [3.05, 3.63) is 41.7 Å². The van der Waals surface area contributed by atoms with Crippen LogP contribution in [0.5, 0.6) is 0 Å². The summed E-state index contributed by atoms with van der Waals surface area (Å²) in [7, 11) is 0. The highest BCUT2D eigenvalue weighted by atomic mass is 35.5. The molecule has 0 radical (unpaired) electrons. The minimum Gasteiger partial charge on any atom is -0.381 e. The van der Waals surface area contributed by atoms with Crippen LogP contribution >= 0.6 is 23.4 Å². The Balaban J connectivity index is 2.22. The lowest BCUT2D eigenvalue weighted by molar-refractivity contribution is 1.07. The van der Waals surface area contributed by atoms with E-state index in [-0.39, 0.29) is 0 Å². The second-order valence-electron chi connectivity index (χ2n) is 2.80. The molecule has 0 saturated carbocycles. The van der Waals surface area contributed by atoms with E-state index in [2.05, 4.69) is 9.97 Å². The van der Waals surface area contributed by atoms with Crippen LogP contribution in [-0.4, -0.2) is 9.97 Å². The molecule has 1 aromatic heterocycles. The zero-order chi connectivity index (χ0) is 10.7. The van der Waals surface area contributed by atoms with Gasteiger partial charge in [-0.1, -0.05) is 23.4 Å². The Morgan fingerprint density at radius 1 is 1.07 bits per heavy atom. The fraction of sp³-hybridized carbons (Fsp3) is 0. The molecular weight excluding hydrogens is 230 g/mol. The van der Waals surface area contributed by atoms with Gasteiger partial charge in [-0.15, -0.1) is 0 Å². The van der Waals surface area contributed by atoms with E-state index in [4.69, 9.17) is 17.3 Å². The van der Waals surface area contributed by atoms with Gasteiger partial charge in [-0.05, 0) is 24.3 Å². The van der Waals surface area contributed by atoms with Crippen LogP contribution in [0.15, 0.2) is 46.6 Å². The van der Waals surface area contributed by atoms with Crippen LogP contribution in [0, 0.1) is 0 Å². The lowest BCUT2D eigenvalue weighted by Crippen LogP contribution is -1.94. The predicted octanol–water partition coefficient (Wildman–Crippen LogP) is 2.86. The fourth-order valence-electron chi connectivity index (χ4n) is 1.03. The molecule has 0 bridgehead atoms. The average molecular weight is 238 g/mol. The van der Waals surface area contributed by atoms with Gasteiger partial charge in [-0.3, -0.25) is 0 Å². The first-order valence-corrected chi connectivity index (χ1v) is 5.45. The fourth-order valence-corrected chi connectivity index (χ4v) is 1.92. The van der Waals surface area contributed by atoms with Gasteiger partial charge in [0.25, 0.3) is 0 Å². The number of nitrogens with zero attached hydrogens (tertiary/aromatic N) is 2. The Kier molecular flexibility index (Phi) is 3.08. The van der Waals surface area contributed by atoms with E-state index in [1.54, 1.807) is 12.4 Å². The van der Waals surface area contributed by atoms with Crippen molar-refractivity contribution in [1.29, 1.82) is 0 Å². The highest BCUT2D eigenvalue weighted by Crippen LogP contribution is 2.29. The molecular formula is C10H8ClN3S. The molecule has 2 N–H and O–H groups in total. The van der Waals surface area contributed by atoms with E-state index in [1.165, 1.54) is 11.8 Å². The molecule has 0 spiro atoms. The minimum absolute atomic E-state index is 0.442. The van der Waals surface area contributed by atoms with Crippen molar-refractivity contribution in [2.45, 2.75) is 9.92 Å². The van der Waals surface area contributed by atoms with E-state index in [9.17, 15) is 0 Å². The van der Waals surface area contributed by atoms with E-state index >= 15 is 0 Å². The molecule has 76 valence electrons. The van der Waals surface area contributed by atoms with E-state index < -0.39 is 0 Å². The number of anilines is 1. The molecule has 2 aromatic rings. The Morgan fingerprint density at radius 2 is 1.73 bits per heavy atom. The molecule has 0 aliphatic rings. The minimum atomic E-state index is 0.442. The molecule has 0 atom stereocenters. The van der Waals surface area contributed by atoms with Crippen molar-refractivity contribution >= 4 is 29.2 Å². The zero-order valence-corrected chi connectivity index (χ0v) is 9.29. The van der Waals surface area contributed by atoms with Gasteiger partial charge in [0.2, 0.25) is 0 Å². The van der Waals surface area contributed by atoms with Gasteiger partial charge in [0, 0.05) is 22.3 Å². The smallest absolute Gasteiger partial charge is 0.156 e. The van der Waals surface area contributed by atoms with Crippen LogP contribution in [0.4, 0.5) is 5.82 Å². The third-order valence-corrected chi connectivity index (χ3v) is 2.99. The van der Waals surface area contributed by atoms with Crippen molar-refractivity contribution in [2.24, 2.45) is 0 Å². The van der Waals surface area contributed by atoms with Crippen LogP contribution in [-0.2, 0) is 0 Å². The number of nitrogens with two attached hydrogens (primary N) is 1. The van der Waals surface area contributed by atoms with E-state index in [0.717, 1.165) is 4.90 Å². The summed E-state index contributed by atoms with van der Waals surface area (Å²) in [5.74, 6) is 0.442. The molecule has 1 aromatic carbocycles. The van der Waals surface area contributed by atoms with Crippen LogP contribution in [0.3, 0.4) is 0 Å². The van der Waals surface area contributed by atoms with Crippen molar-refractivity contribution < 1.29 is 0 Å². The number of rotatable bonds is 2. The van der Waals surface area contributed by atoms with E-state index in [1.807, 2.05) is 24.3 Å². The zero-order valence-electron chi connectivity index (χ0n) is 7.72. The third kappa shape index (κ3) is 2.61. The van der Waals surface area contributed by atoms with Crippen molar-refractivity contribution in [1.82, 2.24) is 9.97 Å². The molecule has 0 aliphatic carbocycles. The maximum Gasteiger partial charge on any atom is 0.156 e. The molecule has 0 unspecified atom stereocenters. The highest BCUT2D eigenvalue weighted by Gasteiger charge is 2.03. The molecule has 3 nitrogen and oxygen atoms in total. The summed E-state index contributed by atoms with van der Waals surface area (Å²) in [6.07, 6.45) is 3.19. The van der Waals surface area contributed by atoms with Crippen LogP contribution < -0.4 is 5.73 Å². The molecule has 1 heterocycles. The van der Waals surface area contributed by atoms with Crippen LogP contribution in [0.2, 0.25) is 5.02 Å². The summed E-state index contributed by atoms with van der Waals surface area (Å²) in [6, 6.07) is 7.50. The lowest BCUT2D eigenvalue weighted by atomic mass is 10.4. The number of benzene rings is 1. The quantitative estimate of drug-likeness (QED) is 0.873. The molecule has 0 amide bonds. The Hall–Kier alpha value is -1.26. The van der Waals surface area contributed by atoms with Gasteiger partial charge < -0.3 is 5.73 Å². The Labute approximate surface area is 96.7 Å². The van der Waals surface area contributed by atoms with Crippen LogP contribution in [0.1, 0.15) is 0 Å².